The summed E-state index contributed by atoms with van der Waals surface area (Å²) in [6.07, 6.45) is 2.29. The summed E-state index contributed by atoms with van der Waals surface area (Å²) in [4.78, 5) is 15.0. The monoisotopic (exact) mass is 410 g/mol. The largest absolute Gasteiger partial charge is 0.497 e. The topological polar surface area (TPSA) is 97.9 Å². The molecule has 0 amide bonds. The lowest BCUT2D eigenvalue weighted by Crippen LogP contribution is -2.39. The average molecular weight is 410 g/mol. The number of methoxy groups -OCH3 is 2. The van der Waals surface area contributed by atoms with Gasteiger partial charge < -0.3 is 24.2 Å². The van der Waals surface area contributed by atoms with E-state index in [1.807, 2.05) is 48.3 Å². The Balaban J connectivity index is 1.55. The van der Waals surface area contributed by atoms with Gasteiger partial charge in [-0.3, -0.25) is 9.98 Å². The van der Waals surface area contributed by atoms with Crippen LogP contribution in [0.3, 0.4) is 0 Å². The van der Waals surface area contributed by atoms with E-state index in [-0.39, 0.29) is 0 Å². The van der Waals surface area contributed by atoms with Crippen molar-refractivity contribution in [2.75, 3.05) is 34.9 Å². The number of nitrogens with one attached hydrogen (secondary N) is 1. The number of ether oxygens (including phenoxy) is 2. The average Bonchev–Trinajstić information content (AvgIpc) is 3.26. The lowest BCUT2D eigenvalue weighted by atomic mass is 10.2. The normalized spacial score (nSPS) is 11.3. The molecule has 2 heterocycles. The van der Waals surface area contributed by atoms with E-state index in [2.05, 4.69) is 25.4 Å². The highest BCUT2D eigenvalue weighted by molar-refractivity contribution is 5.79. The maximum atomic E-state index is 5.48. The van der Waals surface area contributed by atoms with Gasteiger partial charge in [0.25, 0.3) is 5.89 Å². The molecule has 0 unspecified atom stereocenters. The highest BCUT2D eigenvalue weighted by atomic mass is 16.5. The Bertz CT molecular complexity index is 974. The fourth-order valence-corrected chi connectivity index (χ4v) is 2.93. The third kappa shape index (κ3) is 5.25. The number of pyridine rings is 1. The molecule has 3 rings (SSSR count). The van der Waals surface area contributed by atoms with Gasteiger partial charge in [-0.1, -0.05) is 11.2 Å². The second kappa shape index (κ2) is 10.2. The maximum absolute atomic E-state index is 5.48. The molecule has 9 nitrogen and oxygen atoms in total. The molecule has 3 aromatic rings. The fraction of sp³-hybridized carbons (Fsp3) is 0.333. The van der Waals surface area contributed by atoms with Crippen LogP contribution in [0.1, 0.15) is 11.4 Å². The minimum absolute atomic E-state index is 0.415. The fourth-order valence-electron chi connectivity index (χ4n) is 2.93. The van der Waals surface area contributed by atoms with Crippen LogP contribution in [0.25, 0.3) is 11.6 Å². The van der Waals surface area contributed by atoms with Crippen molar-refractivity contribution in [2.45, 2.75) is 13.0 Å². The first kappa shape index (κ1) is 21.1. The zero-order valence-electron chi connectivity index (χ0n) is 17.6. The summed E-state index contributed by atoms with van der Waals surface area (Å²) in [7, 11) is 7.00. The molecule has 0 fully saturated rings. The van der Waals surface area contributed by atoms with E-state index in [0.29, 0.717) is 36.9 Å². The molecule has 0 saturated carbocycles. The number of benzene rings is 1. The Morgan fingerprint density at radius 1 is 1.20 bits per heavy atom. The van der Waals surface area contributed by atoms with Crippen molar-refractivity contribution < 1.29 is 14.0 Å². The third-order valence-electron chi connectivity index (χ3n) is 4.46. The molecule has 0 atom stereocenters. The van der Waals surface area contributed by atoms with Gasteiger partial charge in [0.1, 0.15) is 17.2 Å². The Kier molecular flexibility index (Phi) is 7.20. The summed E-state index contributed by atoms with van der Waals surface area (Å²) in [6, 6.07) is 11.3. The standard InChI is InChI=1S/C21H26N6O3/c1-22-21(27(2)14-15-8-9-16(28-3)13-18(15)29-4)24-12-10-19-25-20(30-26-19)17-7-5-6-11-23-17/h5-9,11,13H,10,12,14H2,1-4H3,(H,22,24). The third-order valence-corrected chi connectivity index (χ3v) is 4.46. The van der Waals surface area contributed by atoms with E-state index in [1.54, 1.807) is 27.5 Å². The van der Waals surface area contributed by atoms with Crippen LogP contribution in [0.2, 0.25) is 0 Å². The molecule has 0 aliphatic heterocycles. The number of guanidine groups is 1. The molecule has 158 valence electrons. The molecule has 0 spiro atoms. The van der Waals surface area contributed by atoms with Gasteiger partial charge in [0.15, 0.2) is 11.8 Å². The van der Waals surface area contributed by atoms with Gasteiger partial charge in [-0.15, -0.1) is 0 Å². The summed E-state index contributed by atoms with van der Waals surface area (Å²) in [6.45, 7) is 1.23. The van der Waals surface area contributed by atoms with Gasteiger partial charge in [-0.05, 0) is 24.3 Å². The second-order valence-electron chi connectivity index (χ2n) is 6.49. The van der Waals surface area contributed by atoms with E-state index in [9.17, 15) is 0 Å². The highest BCUT2D eigenvalue weighted by Gasteiger charge is 2.13. The van der Waals surface area contributed by atoms with Gasteiger partial charge in [-0.25, -0.2) is 0 Å². The zero-order valence-corrected chi connectivity index (χ0v) is 17.6. The number of rotatable bonds is 8. The summed E-state index contributed by atoms with van der Waals surface area (Å²) < 4.78 is 16.0. The van der Waals surface area contributed by atoms with Crippen LogP contribution in [-0.2, 0) is 13.0 Å². The first-order chi connectivity index (χ1) is 14.6. The molecule has 1 N–H and O–H groups in total. The van der Waals surface area contributed by atoms with Crippen LogP contribution < -0.4 is 14.8 Å². The summed E-state index contributed by atoms with van der Waals surface area (Å²) in [5.74, 6) is 3.30. The molecule has 1 aromatic carbocycles. The first-order valence-electron chi connectivity index (χ1n) is 9.51. The van der Waals surface area contributed by atoms with E-state index < -0.39 is 0 Å². The van der Waals surface area contributed by atoms with Crippen molar-refractivity contribution in [3.8, 4) is 23.1 Å². The minimum atomic E-state index is 0.415. The van der Waals surface area contributed by atoms with Gasteiger partial charge in [0.05, 0.1) is 14.2 Å². The van der Waals surface area contributed by atoms with Gasteiger partial charge in [0, 0.05) is 51.4 Å². The van der Waals surface area contributed by atoms with E-state index in [0.717, 1.165) is 23.0 Å². The van der Waals surface area contributed by atoms with Crippen LogP contribution >= 0.6 is 0 Å². The minimum Gasteiger partial charge on any atom is -0.497 e. The number of hydrogen-bond donors (Lipinski definition) is 1. The van der Waals surface area contributed by atoms with Crippen molar-refractivity contribution in [2.24, 2.45) is 4.99 Å². The number of aliphatic imine (C=N–C) groups is 1. The van der Waals surface area contributed by atoms with Gasteiger partial charge >= 0.3 is 0 Å². The molecular weight excluding hydrogens is 384 g/mol. The Hall–Kier alpha value is -3.62. The predicted molar refractivity (Wildman–Crippen MR) is 114 cm³/mol. The molecule has 0 bridgehead atoms. The number of aromatic nitrogens is 3. The number of hydrogen-bond acceptors (Lipinski definition) is 7. The van der Waals surface area contributed by atoms with Gasteiger partial charge in [-0.2, -0.15) is 4.98 Å². The Morgan fingerprint density at radius 3 is 2.77 bits per heavy atom. The van der Waals surface area contributed by atoms with E-state index in [1.165, 1.54) is 0 Å². The molecule has 9 heteroatoms. The molecule has 0 radical (unpaired) electrons. The van der Waals surface area contributed by atoms with Crippen molar-refractivity contribution in [3.05, 3.63) is 54.0 Å². The molecule has 0 aliphatic carbocycles. The van der Waals surface area contributed by atoms with Crippen LogP contribution in [0.5, 0.6) is 11.5 Å². The Morgan fingerprint density at radius 2 is 2.07 bits per heavy atom. The number of nitrogens with zero attached hydrogens (tertiary/aromatic N) is 5. The van der Waals surface area contributed by atoms with Crippen LogP contribution in [0, 0.1) is 0 Å². The summed E-state index contributed by atoms with van der Waals surface area (Å²) in [5, 5.41) is 7.34. The lowest BCUT2D eigenvalue weighted by Gasteiger charge is -2.23. The first-order valence-corrected chi connectivity index (χ1v) is 9.51. The molecule has 2 aromatic heterocycles. The van der Waals surface area contributed by atoms with Crippen molar-refractivity contribution in [3.63, 3.8) is 0 Å². The zero-order chi connectivity index (χ0) is 21.3. The van der Waals surface area contributed by atoms with Crippen molar-refractivity contribution >= 4 is 5.96 Å². The van der Waals surface area contributed by atoms with E-state index >= 15 is 0 Å². The smallest absolute Gasteiger partial charge is 0.276 e. The van der Waals surface area contributed by atoms with E-state index in [4.69, 9.17) is 14.0 Å². The molecule has 30 heavy (non-hydrogen) atoms. The van der Waals surface area contributed by atoms with Crippen LogP contribution in [0.15, 0.2) is 52.1 Å². The summed E-state index contributed by atoms with van der Waals surface area (Å²) in [5.41, 5.74) is 1.69. The Labute approximate surface area is 175 Å². The van der Waals surface area contributed by atoms with Gasteiger partial charge in [0.2, 0.25) is 0 Å². The second-order valence-corrected chi connectivity index (χ2v) is 6.49. The molecule has 0 aliphatic rings. The molecular formula is C21H26N6O3. The predicted octanol–water partition coefficient (Wildman–Crippen LogP) is 2.40. The summed E-state index contributed by atoms with van der Waals surface area (Å²) >= 11 is 0. The van der Waals surface area contributed by atoms with Crippen molar-refractivity contribution in [1.29, 1.82) is 0 Å². The maximum Gasteiger partial charge on any atom is 0.276 e. The van der Waals surface area contributed by atoms with Crippen molar-refractivity contribution in [1.82, 2.24) is 25.3 Å². The van der Waals surface area contributed by atoms with Crippen LogP contribution in [-0.4, -0.2) is 60.8 Å². The SMILES string of the molecule is CN=C(NCCc1noc(-c2ccccn2)n1)N(C)Cc1ccc(OC)cc1OC. The van der Waals surface area contributed by atoms with Crippen LogP contribution in [0.4, 0.5) is 0 Å². The quantitative estimate of drug-likeness (QED) is 0.447. The highest BCUT2D eigenvalue weighted by Crippen LogP contribution is 2.25. The molecule has 0 saturated heterocycles. The lowest BCUT2D eigenvalue weighted by molar-refractivity contribution is 0.382.